The summed E-state index contributed by atoms with van der Waals surface area (Å²) in [6.07, 6.45) is 30.8. The number of hydrogen-bond donors (Lipinski definition) is 0. The van der Waals surface area contributed by atoms with E-state index in [0.717, 1.165) is 42.1 Å². The molecule has 8 aromatic rings. The molecule has 0 spiro atoms. The molecule has 8 aromatic carbocycles. The Labute approximate surface area is 542 Å². The molecule has 14 rings (SSSR count). The van der Waals surface area contributed by atoms with Gasteiger partial charge in [0, 0.05) is 86.7 Å². The monoisotopic (exact) mass is 1260 g/mol. The summed E-state index contributed by atoms with van der Waals surface area (Å²) in [5.74, 6) is 16.6. The highest BCUT2D eigenvalue weighted by Gasteiger charge is 2.32. The summed E-state index contributed by atoms with van der Waals surface area (Å²) in [6.45, 7) is 10.3. The number of fused-ring (bicyclic) bond motifs is 4. The van der Waals surface area contributed by atoms with Crippen molar-refractivity contribution in [1.82, 2.24) is 0 Å². The van der Waals surface area contributed by atoms with Gasteiger partial charge in [0.05, 0.1) is 25.4 Å². The van der Waals surface area contributed by atoms with Crippen LogP contribution in [-0.2, 0) is 43.6 Å². The van der Waals surface area contributed by atoms with Crippen LogP contribution in [-0.4, -0.2) is 71.4 Å². The fourth-order valence-electron chi connectivity index (χ4n) is 14.1. The van der Waals surface area contributed by atoms with Gasteiger partial charge in [-0.25, -0.2) is 0 Å². The van der Waals surface area contributed by atoms with Crippen LogP contribution in [0.25, 0.3) is 43.1 Å². The summed E-state index contributed by atoms with van der Waals surface area (Å²) < 4.78 is 24.7. The summed E-state index contributed by atoms with van der Waals surface area (Å²) in [5, 5.41) is 10.9. The van der Waals surface area contributed by atoms with E-state index in [-0.39, 0.29) is 6.10 Å². The van der Waals surface area contributed by atoms with Crippen LogP contribution < -0.4 is 18.9 Å². The second-order valence-corrected chi connectivity index (χ2v) is 35.3. The summed E-state index contributed by atoms with van der Waals surface area (Å²) in [5.41, 5.74) is 0. The third kappa shape index (κ3) is 17.5. The lowest BCUT2D eigenvalue weighted by molar-refractivity contribution is 0.157. The van der Waals surface area contributed by atoms with E-state index in [2.05, 4.69) is 173 Å². The second kappa shape index (κ2) is 33.6. The molecule has 0 unspecified atom stereocenters. The van der Waals surface area contributed by atoms with Crippen LogP contribution in [0.4, 0.5) is 0 Å². The van der Waals surface area contributed by atoms with E-state index in [4.69, 9.17) is 18.9 Å². The first-order valence-electron chi connectivity index (χ1n) is 34.7. The van der Waals surface area contributed by atoms with E-state index < -0.39 is 0 Å². The molecule has 8 heteroatoms. The normalized spacial score (nSPS) is 18.7. The van der Waals surface area contributed by atoms with Crippen molar-refractivity contribution in [2.24, 2.45) is 11.8 Å². The molecule has 0 bridgehead atoms. The third-order valence-electron chi connectivity index (χ3n) is 18.7. The van der Waals surface area contributed by atoms with Crippen molar-refractivity contribution >= 4 is 86.7 Å². The van der Waals surface area contributed by atoms with Crippen LogP contribution >= 0.6 is 0 Å². The van der Waals surface area contributed by atoms with Crippen LogP contribution in [0.15, 0.2) is 165 Å². The van der Waals surface area contributed by atoms with Crippen molar-refractivity contribution in [2.45, 2.75) is 201 Å². The van der Waals surface area contributed by atoms with Gasteiger partial charge in [-0.05, 0) is 214 Å². The first-order valence-corrected chi connectivity index (χ1v) is 41.0. The number of benzene rings is 8. The van der Waals surface area contributed by atoms with Crippen LogP contribution in [0.3, 0.4) is 0 Å². The molecule has 88 heavy (non-hydrogen) atoms. The molecule has 2 saturated carbocycles. The SMILES string of the molecule is CC(C)COc1ccc([S+]2CCCCC2)c2ccccc12.CC(C)Oc1ccc([S+]2CCCCC2)c2ccccc12.c1ccc2c([S+]3CCCCC3)ccc(OC3CCCCC3)c2c1.c1ccc2c([S+]3CCCCC3)ccc(OCC3CCCCC3)c2c1. The lowest BCUT2D eigenvalue weighted by atomic mass is 9.90. The highest BCUT2D eigenvalue weighted by Crippen LogP contribution is 2.40. The van der Waals surface area contributed by atoms with Gasteiger partial charge in [-0.3, -0.25) is 0 Å². The molecule has 0 atom stereocenters. The minimum atomic E-state index is 0.224. The van der Waals surface area contributed by atoms with Gasteiger partial charge in [0.1, 0.15) is 69.0 Å². The highest BCUT2D eigenvalue weighted by atomic mass is 32.2. The molecule has 0 N–H and O–H groups in total. The fraction of sp³-hybridized carbons (Fsp3) is 0.500. The van der Waals surface area contributed by atoms with Gasteiger partial charge in [-0.2, -0.15) is 0 Å². The van der Waals surface area contributed by atoms with Crippen LogP contribution in [0.5, 0.6) is 23.0 Å². The first kappa shape index (κ1) is 64.9. The average Bonchev–Trinajstić information content (AvgIpc) is 2.93. The Morgan fingerprint density at radius 2 is 0.625 bits per heavy atom. The largest absolute Gasteiger partial charge is 0.493 e. The first-order chi connectivity index (χ1) is 43.3. The van der Waals surface area contributed by atoms with E-state index in [0.29, 0.717) is 55.6 Å². The van der Waals surface area contributed by atoms with Crippen LogP contribution in [0.1, 0.15) is 169 Å². The molecule has 0 amide bonds. The zero-order valence-corrected chi connectivity index (χ0v) is 57.3. The zero-order valence-electron chi connectivity index (χ0n) is 54.1. The minimum absolute atomic E-state index is 0.224. The molecule has 6 aliphatic rings. The van der Waals surface area contributed by atoms with Crippen molar-refractivity contribution in [1.29, 1.82) is 0 Å². The summed E-state index contributed by atoms with van der Waals surface area (Å²) >= 11 is 0. The molecule has 468 valence electrons. The third-order valence-corrected chi connectivity index (χ3v) is 28.9. The maximum absolute atomic E-state index is 6.41. The van der Waals surface area contributed by atoms with Gasteiger partial charge in [0.15, 0.2) is 19.6 Å². The summed E-state index contributed by atoms with van der Waals surface area (Å²) in [4.78, 5) is 6.27. The van der Waals surface area contributed by atoms with E-state index in [9.17, 15) is 0 Å². The molecular weight excluding hydrogens is 1150 g/mol. The Morgan fingerprint density at radius 3 is 1.00 bits per heavy atom. The minimum Gasteiger partial charge on any atom is -0.493 e. The predicted molar refractivity (Wildman–Crippen MR) is 388 cm³/mol. The van der Waals surface area contributed by atoms with Crippen molar-refractivity contribution < 1.29 is 18.9 Å². The quantitative estimate of drug-likeness (QED) is 0.102. The second-order valence-electron chi connectivity index (χ2n) is 26.3. The molecule has 2 aliphatic carbocycles. The maximum atomic E-state index is 6.41. The van der Waals surface area contributed by atoms with Crippen molar-refractivity contribution in [3.05, 3.63) is 146 Å². The lowest BCUT2D eigenvalue weighted by Crippen LogP contribution is -2.20. The zero-order chi connectivity index (χ0) is 60.3. The van der Waals surface area contributed by atoms with Crippen molar-refractivity contribution in [3.8, 4) is 23.0 Å². The molecular formula is C80H104O4S4+4. The Kier molecular flexibility index (Phi) is 24.8. The van der Waals surface area contributed by atoms with E-state index in [1.165, 1.54) is 230 Å². The van der Waals surface area contributed by atoms with Gasteiger partial charge in [-0.1, -0.05) is 112 Å². The van der Waals surface area contributed by atoms with Gasteiger partial charge >= 0.3 is 0 Å². The van der Waals surface area contributed by atoms with Crippen LogP contribution in [0.2, 0.25) is 0 Å². The Bertz CT molecular complexity index is 3410. The Hall–Kier alpha value is -4.60. The van der Waals surface area contributed by atoms with Gasteiger partial charge in [0.25, 0.3) is 0 Å². The van der Waals surface area contributed by atoms with Gasteiger partial charge < -0.3 is 18.9 Å². The molecule has 4 saturated heterocycles. The van der Waals surface area contributed by atoms with Gasteiger partial charge in [-0.15, -0.1) is 0 Å². The predicted octanol–water partition coefficient (Wildman–Crippen LogP) is 21.5. The standard InChI is InChI=1S/C22H29OS.C21H27OS.C19H25OS.C18H23OS/c1-3-9-18(10-4-1)17-23-21-13-14-22(24-15-7-2-8-16-24)20-12-6-5-11-19(20)21;1-3-9-17(10-4-1)22-20-13-14-21(23-15-7-2-8-16-23)19-12-6-5-11-18(19)20;1-15(2)14-20-18-10-11-19(21-12-6-3-7-13-21)17-9-5-4-8-16(17)18;1-14(2)19-17-10-11-18(20-12-6-3-7-13-20)16-9-5-4-8-15(16)17/h5-6,11-14,18H,1-4,7-10,15-17H2;5-6,11-14,17H,1-4,7-10,15-16H2;4-5,8-11,15H,3,6-7,12-14H2,1-2H3;4-5,8-11,14H,3,6-7,12-13H2,1-2H3/q4*+1. The number of ether oxygens (including phenoxy) is 4. The van der Waals surface area contributed by atoms with Crippen molar-refractivity contribution in [3.63, 3.8) is 0 Å². The molecule has 4 heterocycles. The van der Waals surface area contributed by atoms with Crippen molar-refractivity contribution in [2.75, 3.05) is 59.2 Å². The van der Waals surface area contributed by atoms with Crippen LogP contribution in [0, 0.1) is 11.8 Å². The Balaban J connectivity index is 0.000000122. The van der Waals surface area contributed by atoms with E-state index >= 15 is 0 Å². The summed E-state index contributed by atoms with van der Waals surface area (Å²) in [7, 11) is 1.77. The van der Waals surface area contributed by atoms with Gasteiger partial charge in [0.2, 0.25) is 0 Å². The fourth-order valence-corrected chi connectivity index (χ4v) is 24.1. The topological polar surface area (TPSA) is 36.9 Å². The smallest absolute Gasteiger partial charge is 0.162 e. The number of rotatable bonds is 14. The Morgan fingerprint density at radius 1 is 0.318 bits per heavy atom. The number of hydrogen-bond acceptors (Lipinski definition) is 4. The molecule has 0 aromatic heterocycles. The van der Waals surface area contributed by atoms with E-state index in [1.54, 1.807) is 19.6 Å². The average molecular weight is 1260 g/mol. The van der Waals surface area contributed by atoms with E-state index in [1.807, 2.05) is 0 Å². The summed E-state index contributed by atoms with van der Waals surface area (Å²) in [6, 6.07) is 53.6. The molecule has 4 aliphatic heterocycles. The molecule has 4 nitrogen and oxygen atoms in total. The highest BCUT2D eigenvalue weighted by molar-refractivity contribution is 7.98. The lowest BCUT2D eigenvalue weighted by Gasteiger charge is -2.24. The maximum Gasteiger partial charge on any atom is 0.162 e. The molecule has 6 fully saturated rings. The molecule has 0 radical (unpaired) electrons.